The van der Waals surface area contributed by atoms with Crippen LogP contribution in [-0.4, -0.2) is 55.0 Å². The second-order valence-electron chi connectivity index (χ2n) is 4.49. The third-order valence-electron chi connectivity index (χ3n) is 3.02. The standard InChI is InChI=1S/C13H19N3O3/c17-9-12(18)7-15-10-1-3-11(4-2-10)16-6-5-14-8-13(16)19/h1-4,12,14-15,17-18H,5-9H2. The molecule has 1 aromatic carbocycles. The van der Waals surface area contributed by atoms with Gasteiger partial charge in [-0.25, -0.2) is 0 Å². The summed E-state index contributed by atoms with van der Waals surface area (Å²) in [5, 5.41) is 24.0. The maximum Gasteiger partial charge on any atom is 0.240 e. The number of piperazine rings is 1. The van der Waals surface area contributed by atoms with Crippen molar-refractivity contribution in [1.82, 2.24) is 5.32 Å². The molecule has 0 bridgehead atoms. The number of benzene rings is 1. The third kappa shape index (κ3) is 3.66. The predicted molar refractivity (Wildman–Crippen MR) is 73.2 cm³/mol. The molecule has 1 fully saturated rings. The van der Waals surface area contributed by atoms with Crippen molar-refractivity contribution in [3.05, 3.63) is 24.3 Å². The molecule has 0 saturated carbocycles. The first-order chi connectivity index (χ1) is 9.20. The Bertz CT molecular complexity index is 422. The fraction of sp³-hybridized carbons (Fsp3) is 0.462. The van der Waals surface area contributed by atoms with E-state index in [1.165, 1.54) is 0 Å². The van der Waals surface area contributed by atoms with Gasteiger partial charge in [0.2, 0.25) is 5.91 Å². The van der Waals surface area contributed by atoms with E-state index in [2.05, 4.69) is 10.6 Å². The van der Waals surface area contributed by atoms with Crippen LogP contribution in [0.4, 0.5) is 11.4 Å². The fourth-order valence-corrected chi connectivity index (χ4v) is 1.94. The Morgan fingerprint density at radius 1 is 1.37 bits per heavy atom. The normalized spacial score (nSPS) is 17.4. The highest BCUT2D eigenvalue weighted by molar-refractivity contribution is 5.95. The van der Waals surface area contributed by atoms with E-state index >= 15 is 0 Å². The Labute approximate surface area is 112 Å². The quantitative estimate of drug-likeness (QED) is 0.571. The van der Waals surface area contributed by atoms with Crippen LogP contribution < -0.4 is 15.5 Å². The van der Waals surface area contributed by atoms with Crippen molar-refractivity contribution in [3.8, 4) is 0 Å². The zero-order valence-corrected chi connectivity index (χ0v) is 10.7. The third-order valence-corrected chi connectivity index (χ3v) is 3.02. The first-order valence-corrected chi connectivity index (χ1v) is 6.34. The number of aliphatic hydroxyl groups is 2. The van der Waals surface area contributed by atoms with Gasteiger partial charge >= 0.3 is 0 Å². The van der Waals surface area contributed by atoms with Gasteiger partial charge in [0.05, 0.1) is 19.3 Å². The van der Waals surface area contributed by atoms with E-state index < -0.39 is 6.10 Å². The predicted octanol–water partition coefficient (Wildman–Crippen LogP) is -0.612. The molecule has 1 aliphatic heterocycles. The van der Waals surface area contributed by atoms with Gasteiger partial charge in [-0.2, -0.15) is 0 Å². The topological polar surface area (TPSA) is 84.8 Å². The maximum absolute atomic E-state index is 11.7. The number of hydrogen-bond donors (Lipinski definition) is 4. The number of anilines is 2. The molecule has 0 aliphatic carbocycles. The Morgan fingerprint density at radius 3 is 2.74 bits per heavy atom. The summed E-state index contributed by atoms with van der Waals surface area (Å²) in [7, 11) is 0. The van der Waals surface area contributed by atoms with Crippen LogP contribution in [0.5, 0.6) is 0 Å². The lowest BCUT2D eigenvalue weighted by molar-refractivity contribution is -0.118. The smallest absolute Gasteiger partial charge is 0.240 e. The van der Waals surface area contributed by atoms with Crippen LogP contribution in [-0.2, 0) is 4.79 Å². The molecular formula is C13H19N3O3. The molecular weight excluding hydrogens is 246 g/mol. The lowest BCUT2D eigenvalue weighted by Crippen LogP contribution is -2.48. The van der Waals surface area contributed by atoms with Crippen molar-refractivity contribution in [3.63, 3.8) is 0 Å². The van der Waals surface area contributed by atoms with Crippen molar-refractivity contribution < 1.29 is 15.0 Å². The summed E-state index contributed by atoms with van der Waals surface area (Å²) in [5.41, 5.74) is 1.72. The van der Waals surface area contributed by atoms with Crippen molar-refractivity contribution in [2.24, 2.45) is 0 Å². The number of aliphatic hydroxyl groups excluding tert-OH is 2. The first kappa shape index (κ1) is 13.8. The summed E-state index contributed by atoms with van der Waals surface area (Å²) >= 11 is 0. The summed E-state index contributed by atoms with van der Waals surface area (Å²) in [5.74, 6) is 0.0719. The Balaban J connectivity index is 1.95. The molecule has 0 spiro atoms. The van der Waals surface area contributed by atoms with Crippen LogP contribution >= 0.6 is 0 Å². The number of carbonyl (C=O) groups excluding carboxylic acids is 1. The zero-order valence-electron chi connectivity index (χ0n) is 10.7. The largest absolute Gasteiger partial charge is 0.394 e. The molecule has 1 unspecified atom stereocenters. The molecule has 1 saturated heterocycles. The lowest BCUT2D eigenvalue weighted by Gasteiger charge is -2.27. The lowest BCUT2D eigenvalue weighted by atomic mass is 10.2. The van der Waals surface area contributed by atoms with Crippen molar-refractivity contribution in [2.75, 3.05) is 43.0 Å². The molecule has 2 rings (SSSR count). The summed E-state index contributed by atoms with van der Waals surface area (Å²) in [6, 6.07) is 7.46. The highest BCUT2D eigenvalue weighted by atomic mass is 16.3. The first-order valence-electron chi connectivity index (χ1n) is 6.34. The summed E-state index contributed by atoms with van der Waals surface area (Å²) in [6.45, 7) is 1.88. The van der Waals surface area contributed by atoms with Crippen LogP contribution in [0.2, 0.25) is 0 Å². The Hall–Kier alpha value is -1.63. The molecule has 19 heavy (non-hydrogen) atoms. The fourth-order valence-electron chi connectivity index (χ4n) is 1.94. The average molecular weight is 265 g/mol. The molecule has 4 N–H and O–H groups in total. The molecule has 0 radical (unpaired) electrons. The molecule has 1 amide bonds. The van der Waals surface area contributed by atoms with Gasteiger partial charge in [0, 0.05) is 31.0 Å². The van der Waals surface area contributed by atoms with Gasteiger partial charge in [0.25, 0.3) is 0 Å². The van der Waals surface area contributed by atoms with Crippen molar-refractivity contribution >= 4 is 17.3 Å². The number of hydrogen-bond acceptors (Lipinski definition) is 5. The van der Waals surface area contributed by atoms with E-state index in [0.717, 1.165) is 17.9 Å². The number of amides is 1. The van der Waals surface area contributed by atoms with Crippen LogP contribution in [0, 0.1) is 0 Å². The molecule has 104 valence electrons. The molecule has 1 heterocycles. The van der Waals surface area contributed by atoms with Gasteiger partial charge in [-0.05, 0) is 24.3 Å². The van der Waals surface area contributed by atoms with E-state index in [4.69, 9.17) is 5.11 Å². The number of rotatable bonds is 5. The van der Waals surface area contributed by atoms with Gasteiger partial charge in [-0.3, -0.25) is 4.79 Å². The minimum atomic E-state index is -0.769. The second kappa shape index (κ2) is 6.51. The Kier molecular flexibility index (Phi) is 4.73. The van der Waals surface area contributed by atoms with Crippen LogP contribution in [0.25, 0.3) is 0 Å². The highest BCUT2D eigenvalue weighted by Crippen LogP contribution is 2.18. The molecule has 1 aliphatic rings. The van der Waals surface area contributed by atoms with Gasteiger partial charge < -0.3 is 25.7 Å². The van der Waals surface area contributed by atoms with E-state index in [1.807, 2.05) is 24.3 Å². The number of nitrogens with one attached hydrogen (secondary N) is 2. The monoisotopic (exact) mass is 265 g/mol. The SMILES string of the molecule is O=C1CNCCN1c1ccc(NCC(O)CO)cc1. The van der Waals surface area contributed by atoms with Crippen LogP contribution in [0.3, 0.4) is 0 Å². The van der Waals surface area contributed by atoms with Gasteiger partial charge in [-0.1, -0.05) is 0 Å². The van der Waals surface area contributed by atoms with Crippen LogP contribution in [0.15, 0.2) is 24.3 Å². The van der Waals surface area contributed by atoms with E-state index in [9.17, 15) is 9.90 Å². The number of carbonyl (C=O) groups is 1. The van der Waals surface area contributed by atoms with Crippen molar-refractivity contribution in [1.29, 1.82) is 0 Å². The second-order valence-corrected chi connectivity index (χ2v) is 4.49. The van der Waals surface area contributed by atoms with Crippen LogP contribution in [0.1, 0.15) is 0 Å². The molecule has 1 atom stereocenters. The Morgan fingerprint density at radius 2 is 2.11 bits per heavy atom. The van der Waals surface area contributed by atoms with E-state index in [0.29, 0.717) is 19.6 Å². The summed E-state index contributed by atoms with van der Waals surface area (Å²) in [4.78, 5) is 13.5. The number of nitrogens with zero attached hydrogens (tertiary/aromatic N) is 1. The minimum Gasteiger partial charge on any atom is -0.394 e. The zero-order chi connectivity index (χ0) is 13.7. The average Bonchev–Trinajstić information content (AvgIpc) is 2.46. The summed E-state index contributed by atoms with van der Waals surface area (Å²) < 4.78 is 0. The van der Waals surface area contributed by atoms with Gasteiger partial charge in [0.15, 0.2) is 0 Å². The molecule has 6 nitrogen and oxygen atoms in total. The van der Waals surface area contributed by atoms with E-state index in [1.54, 1.807) is 4.90 Å². The minimum absolute atomic E-state index is 0.0719. The highest BCUT2D eigenvalue weighted by Gasteiger charge is 2.18. The molecule has 0 aromatic heterocycles. The molecule has 1 aromatic rings. The van der Waals surface area contributed by atoms with Gasteiger partial charge in [-0.15, -0.1) is 0 Å². The van der Waals surface area contributed by atoms with Gasteiger partial charge in [0.1, 0.15) is 0 Å². The summed E-state index contributed by atoms with van der Waals surface area (Å²) in [6.07, 6.45) is -0.769. The van der Waals surface area contributed by atoms with E-state index in [-0.39, 0.29) is 12.5 Å². The molecule has 6 heteroatoms. The van der Waals surface area contributed by atoms with Crippen molar-refractivity contribution in [2.45, 2.75) is 6.10 Å². The maximum atomic E-state index is 11.7.